The number of fused-ring (bicyclic) bond motifs is 1. The normalized spacial score (nSPS) is 28.3. The zero-order valence-electron chi connectivity index (χ0n) is 19.4. The maximum absolute atomic E-state index is 12.7. The van der Waals surface area contributed by atoms with Crippen LogP contribution in [0.5, 0.6) is 0 Å². The van der Waals surface area contributed by atoms with Gasteiger partial charge in [0.15, 0.2) is 18.2 Å². The molecule has 2 fully saturated rings. The van der Waals surface area contributed by atoms with Gasteiger partial charge in [-0.15, -0.1) is 6.58 Å². The molecule has 3 rings (SSSR count). The van der Waals surface area contributed by atoms with Gasteiger partial charge >= 0.3 is 12.1 Å². The summed E-state index contributed by atoms with van der Waals surface area (Å²) in [6.07, 6.45) is -0.352. The van der Waals surface area contributed by atoms with Crippen molar-refractivity contribution in [2.24, 2.45) is 0 Å². The second-order valence-electron chi connectivity index (χ2n) is 8.44. The van der Waals surface area contributed by atoms with Gasteiger partial charge in [0.2, 0.25) is 0 Å². The molecular formula is C24H33NO8. The Morgan fingerprint density at radius 1 is 1.27 bits per heavy atom. The van der Waals surface area contributed by atoms with E-state index >= 15 is 0 Å². The molecule has 0 bridgehead atoms. The third kappa shape index (κ3) is 7.26. The van der Waals surface area contributed by atoms with Crippen molar-refractivity contribution in [3.63, 3.8) is 0 Å². The van der Waals surface area contributed by atoms with Crippen LogP contribution < -0.4 is 5.32 Å². The van der Waals surface area contributed by atoms with E-state index < -0.39 is 48.5 Å². The van der Waals surface area contributed by atoms with E-state index in [1.807, 2.05) is 30.3 Å². The minimum absolute atomic E-state index is 0.0900. The number of rotatable bonds is 9. The first-order valence-electron chi connectivity index (χ1n) is 11.1. The van der Waals surface area contributed by atoms with Crippen LogP contribution in [0.4, 0.5) is 4.79 Å². The highest BCUT2D eigenvalue weighted by Gasteiger charge is 2.54. The molecule has 0 saturated carbocycles. The second-order valence-corrected chi connectivity index (χ2v) is 8.44. The molecule has 0 spiro atoms. The Morgan fingerprint density at radius 3 is 2.73 bits per heavy atom. The average Bonchev–Trinajstić information content (AvgIpc) is 2.77. The fourth-order valence-corrected chi connectivity index (χ4v) is 3.78. The lowest BCUT2D eigenvalue weighted by Gasteiger charge is -2.50. The van der Waals surface area contributed by atoms with Crippen molar-refractivity contribution >= 4 is 12.1 Å². The maximum Gasteiger partial charge on any atom is 0.407 e. The Balaban J connectivity index is 1.76. The van der Waals surface area contributed by atoms with E-state index in [1.165, 1.54) is 6.92 Å². The Labute approximate surface area is 194 Å². The number of ether oxygens (including phenoxy) is 6. The SMILES string of the molecule is C=CCCCO[C@@H]1O[C@@H]2COC(C)(C)O[C@H]2[C@H](OC(C)=O)[C@@H]1NC(=O)OCc1ccccc1. The smallest absolute Gasteiger partial charge is 0.407 e. The van der Waals surface area contributed by atoms with Crippen molar-refractivity contribution in [3.05, 3.63) is 48.6 Å². The van der Waals surface area contributed by atoms with Gasteiger partial charge in [0, 0.05) is 6.92 Å². The monoisotopic (exact) mass is 463 g/mol. The van der Waals surface area contributed by atoms with E-state index in [4.69, 9.17) is 28.4 Å². The molecule has 0 radical (unpaired) electrons. The number of esters is 1. The van der Waals surface area contributed by atoms with Gasteiger partial charge in [-0.3, -0.25) is 4.79 Å². The Hall–Kier alpha value is -2.46. The van der Waals surface area contributed by atoms with Crippen LogP contribution in [0.1, 0.15) is 39.2 Å². The number of hydrogen-bond donors (Lipinski definition) is 1. The van der Waals surface area contributed by atoms with Gasteiger partial charge in [0.25, 0.3) is 0 Å². The summed E-state index contributed by atoms with van der Waals surface area (Å²) in [6, 6.07) is 8.46. The van der Waals surface area contributed by atoms with Gasteiger partial charge < -0.3 is 33.7 Å². The van der Waals surface area contributed by atoms with Crippen molar-refractivity contribution in [2.45, 2.75) is 76.7 Å². The molecule has 1 aromatic carbocycles. The van der Waals surface area contributed by atoms with Gasteiger partial charge in [-0.25, -0.2) is 4.79 Å². The van der Waals surface area contributed by atoms with Crippen molar-refractivity contribution in [1.82, 2.24) is 5.32 Å². The number of carbonyl (C=O) groups excluding carboxylic acids is 2. The molecule has 9 heteroatoms. The van der Waals surface area contributed by atoms with Crippen molar-refractivity contribution < 1.29 is 38.0 Å². The summed E-state index contributed by atoms with van der Waals surface area (Å²) in [6.45, 7) is 9.23. The molecule has 2 aliphatic rings. The molecule has 0 aliphatic carbocycles. The highest BCUT2D eigenvalue weighted by molar-refractivity contribution is 5.68. The summed E-state index contributed by atoms with van der Waals surface area (Å²) in [7, 11) is 0. The van der Waals surface area contributed by atoms with E-state index in [9.17, 15) is 9.59 Å². The lowest BCUT2D eigenvalue weighted by molar-refractivity contribution is -0.369. The van der Waals surface area contributed by atoms with Crippen LogP contribution in [0.25, 0.3) is 0 Å². The van der Waals surface area contributed by atoms with E-state index in [2.05, 4.69) is 11.9 Å². The third-order valence-electron chi connectivity index (χ3n) is 5.30. The highest BCUT2D eigenvalue weighted by atomic mass is 16.8. The predicted molar refractivity (Wildman–Crippen MR) is 118 cm³/mol. The first-order valence-corrected chi connectivity index (χ1v) is 11.1. The Bertz CT molecular complexity index is 799. The van der Waals surface area contributed by atoms with Crippen LogP contribution in [0.15, 0.2) is 43.0 Å². The minimum Gasteiger partial charge on any atom is -0.457 e. The quantitative estimate of drug-likeness (QED) is 0.339. The minimum atomic E-state index is -0.904. The summed E-state index contributed by atoms with van der Waals surface area (Å²) >= 11 is 0. The van der Waals surface area contributed by atoms with Crippen molar-refractivity contribution in [2.75, 3.05) is 13.2 Å². The van der Waals surface area contributed by atoms with Crippen molar-refractivity contribution in [1.29, 1.82) is 0 Å². The fraction of sp³-hybridized carbons (Fsp3) is 0.583. The van der Waals surface area contributed by atoms with Gasteiger partial charge in [-0.2, -0.15) is 0 Å². The number of allylic oxidation sites excluding steroid dienone is 1. The average molecular weight is 464 g/mol. The molecule has 0 unspecified atom stereocenters. The van der Waals surface area contributed by atoms with Crippen LogP contribution in [-0.2, 0) is 39.8 Å². The topological polar surface area (TPSA) is 102 Å². The third-order valence-corrected chi connectivity index (χ3v) is 5.30. The molecule has 182 valence electrons. The zero-order chi connectivity index (χ0) is 23.8. The number of unbranched alkanes of at least 4 members (excludes halogenated alkanes) is 1. The number of benzene rings is 1. The number of nitrogens with one attached hydrogen (secondary N) is 1. The van der Waals surface area contributed by atoms with Crippen LogP contribution in [-0.4, -0.2) is 61.7 Å². The molecule has 33 heavy (non-hydrogen) atoms. The molecular weight excluding hydrogens is 430 g/mol. The summed E-state index contributed by atoms with van der Waals surface area (Å²) in [5.74, 6) is -1.41. The molecule has 1 aromatic rings. The van der Waals surface area contributed by atoms with E-state index in [-0.39, 0.29) is 13.2 Å². The van der Waals surface area contributed by atoms with Gasteiger partial charge in [0.05, 0.1) is 13.2 Å². The Kier molecular flexibility index (Phi) is 8.85. The van der Waals surface area contributed by atoms with E-state index in [0.29, 0.717) is 6.61 Å². The Morgan fingerprint density at radius 2 is 2.03 bits per heavy atom. The molecule has 2 saturated heterocycles. The molecule has 2 heterocycles. The number of hydrogen-bond acceptors (Lipinski definition) is 8. The predicted octanol–water partition coefficient (Wildman–Crippen LogP) is 3.07. The van der Waals surface area contributed by atoms with E-state index in [0.717, 1.165) is 18.4 Å². The maximum atomic E-state index is 12.7. The summed E-state index contributed by atoms with van der Waals surface area (Å²) < 4.78 is 34.8. The van der Waals surface area contributed by atoms with E-state index in [1.54, 1.807) is 19.9 Å². The molecule has 2 aliphatic heterocycles. The highest BCUT2D eigenvalue weighted by Crippen LogP contribution is 2.34. The summed E-state index contributed by atoms with van der Waals surface area (Å²) in [4.78, 5) is 24.6. The first kappa shape index (κ1) is 25.2. The lowest BCUT2D eigenvalue weighted by Crippen LogP contribution is -2.69. The molecule has 9 nitrogen and oxygen atoms in total. The summed E-state index contributed by atoms with van der Waals surface area (Å²) in [5, 5.41) is 2.77. The fourth-order valence-electron chi connectivity index (χ4n) is 3.78. The van der Waals surface area contributed by atoms with Crippen LogP contribution in [0, 0.1) is 0 Å². The first-order chi connectivity index (χ1) is 15.8. The lowest BCUT2D eigenvalue weighted by atomic mass is 9.95. The van der Waals surface area contributed by atoms with Crippen LogP contribution in [0.2, 0.25) is 0 Å². The molecule has 0 aromatic heterocycles. The van der Waals surface area contributed by atoms with Gasteiger partial charge in [0.1, 0.15) is 24.9 Å². The largest absolute Gasteiger partial charge is 0.457 e. The number of carbonyl (C=O) groups is 2. The van der Waals surface area contributed by atoms with Gasteiger partial charge in [-0.1, -0.05) is 36.4 Å². The second kappa shape index (κ2) is 11.6. The molecule has 1 N–H and O–H groups in total. The number of amides is 1. The van der Waals surface area contributed by atoms with Crippen LogP contribution in [0.3, 0.4) is 0 Å². The van der Waals surface area contributed by atoms with Crippen molar-refractivity contribution in [3.8, 4) is 0 Å². The zero-order valence-corrected chi connectivity index (χ0v) is 19.4. The van der Waals surface area contributed by atoms with Crippen LogP contribution >= 0.6 is 0 Å². The standard InChI is InChI=1S/C24H33NO8/c1-5-6-10-13-28-22-19(25-23(27)29-14-17-11-8-7-9-12-17)21(31-16(2)26)20-18(32-22)15-30-24(3,4)33-20/h5,7-9,11-12,18-22H,1,6,10,13-15H2,2-4H3,(H,25,27)/t18-,19+,20-,21-,22-/m1/s1. The molecule has 1 amide bonds. The van der Waals surface area contributed by atoms with Gasteiger partial charge in [-0.05, 0) is 32.3 Å². The summed E-state index contributed by atoms with van der Waals surface area (Å²) in [5.41, 5.74) is 0.843. The molecule has 5 atom stereocenters. The number of alkyl carbamates (subject to hydrolysis) is 1.